The summed E-state index contributed by atoms with van der Waals surface area (Å²) in [6.07, 6.45) is 2.39. The minimum absolute atomic E-state index is 0.331. The van der Waals surface area contributed by atoms with Crippen LogP contribution in [0, 0.1) is 0 Å². The van der Waals surface area contributed by atoms with Crippen LogP contribution in [0.2, 0.25) is 0 Å². The van der Waals surface area contributed by atoms with E-state index in [2.05, 4.69) is 25.6 Å². The zero-order valence-corrected chi connectivity index (χ0v) is 7.15. The summed E-state index contributed by atoms with van der Waals surface area (Å²) in [5, 5.41) is 0. The monoisotopic (exact) mass is 182 g/mol. The predicted molar refractivity (Wildman–Crippen MR) is 45.8 cm³/mol. The molecular weight excluding hydrogens is 172 g/mol. The van der Waals surface area contributed by atoms with E-state index >= 15 is 0 Å². The largest absolute Gasteiger partial charge is 0.449 e. The van der Waals surface area contributed by atoms with E-state index in [0.29, 0.717) is 12.4 Å². The number of aromatic nitrogens is 2. The predicted octanol–water partition coefficient (Wildman–Crippen LogP) is 0.550. The topological polar surface area (TPSA) is 76.1 Å². The molecular formula is C7H10N4O2. The first-order valence-corrected chi connectivity index (χ1v) is 3.77. The molecule has 1 aromatic heterocycles. The van der Waals surface area contributed by atoms with Crippen molar-refractivity contribution in [3.05, 3.63) is 18.6 Å². The number of hydrogen-bond acceptors (Lipinski definition) is 5. The molecule has 0 radical (unpaired) electrons. The Morgan fingerprint density at radius 2 is 2.54 bits per heavy atom. The van der Waals surface area contributed by atoms with E-state index < -0.39 is 6.09 Å². The van der Waals surface area contributed by atoms with Gasteiger partial charge >= 0.3 is 6.09 Å². The third-order valence-corrected chi connectivity index (χ3v) is 1.15. The number of carbonyl (C=O) groups is 1. The summed E-state index contributed by atoms with van der Waals surface area (Å²) in [5.74, 6) is 0.503. The second-order valence-electron chi connectivity index (χ2n) is 2.07. The van der Waals surface area contributed by atoms with Crippen LogP contribution in [0.3, 0.4) is 0 Å². The highest BCUT2D eigenvalue weighted by atomic mass is 16.5. The number of carbonyl (C=O) groups excluding carboxylic acids is 1. The van der Waals surface area contributed by atoms with E-state index in [0.717, 1.165) is 0 Å². The van der Waals surface area contributed by atoms with Gasteiger partial charge in [-0.05, 0) is 6.92 Å². The van der Waals surface area contributed by atoms with Crippen LogP contribution in [0.15, 0.2) is 18.6 Å². The van der Waals surface area contributed by atoms with Crippen molar-refractivity contribution >= 4 is 11.9 Å². The van der Waals surface area contributed by atoms with Gasteiger partial charge in [-0.2, -0.15) is 0 Å². The Bertz CT molecular complexity index is 264. The minimum Gasteiger partial charge on any atom is -0.449 e. The Labute approximate surface area is 75.3 Å². The zero-order chi connectivity index (χ0) is 9.52. The van der Waals surface area contributed by atoms with Crippen molar-refractivity contribution in [3.63, 3.8) is 0 Å². The standard InChI is InChI=1S/C7H10N4O2/c1-2-13-7(12)11-10-6-3-4-8-5-9-6/h3-5H,2H2,1H3,(H,11,12)(H,8,9,10). The molecule has 0 aliphatic heterocycles. The number of hydrogen-bond donors (Lipinski definition) is 2. The lowest BCUT2D eigenvalue weighted by Gasteiger charge is -2.05. The molecule has 1 heterocycles. The zero-order valence-electron chi connectivity index (χ0n) is 7.15. The second-order valence-corrected chi connectivity index (χ2v) is 2.07. The van der Waals surface area contributed by atoms with Crippen LogP contribution < -0.4 is 10.9 Å². The number of ether oxygens (including phenoxy) is 1. The number of hydrazine groups is 1. The molecule has 0 spiro atoms. The molecule has 70 valence electrons. The van der Waals surface area contributed by atoms with Crippen LogP contribution in [0.25, 0.3) is 0 Å². The number of amides is 1. The first-order valence-electron chi connectivity index (χ1n) is 3.77. The van der Waals surface area contributed by atoms with Gasteiger partial charge in [0.15, 0.2) is 0 Å². The maximum atomic E-state index is 10.8. The normalized spacial score (nSPS) is 9.00. The molecule has 0 fully saturated rings. The van der Waals surface area contributed by atoms with Crippen LogP contribution in [-0.4, -0.2) is 22.7 Å². The lowest BCUT2D eigenvalue weighted by atomic mass is 10.6. The molecule has 1 rings (SSSR count). The maximum absolute atomic E-state index is 10.8. The number of anilines is 1. The van der Waals surface area contributed by atoms with E-state index in [-0.39, 0.29) is 0 Å². The van der Waals surface area contributed by atoms with Gasteiger partial charge in [-0.15, -0.1) is 0 Å². The van der Waals surface area contributed by atoms with Gasteiger partial charge < -0.3 is 4.74 Å². The highest BCUT2D eigenvalue weighted by Gasteiger charge is 1.98. The van der Waals surface area contributed by atoms with E-state index in [9.17, 15) is 4.79 Å². The van der Waals surface area contributed by atoms with Gasteiger partial charge in [-0.25, -0.2) is 20.2 Å². The molecule has 13 heavy (non-hydrogen) atoms. The highest BCUT2D eigenvalue weighted by Crippen LogP contribution is 1.94. The van der Waals surface area contributed by atoms with E-state index in [1.165, 1.54) is 6.33 Å². The summed E-state index contributed by atoms with van der Waals surface area (Å²) in [6, 6.07) is 1.62. The van der Waals surface area contributed by atoms with Crippen LogP contribution in [0.5, 0.6) is 0 Å². The summed E-state index contributed by atoms with van der Waals surface area (Å²) >= 11 is 0. The van der Waals surface area contributed by atoms with Gasteiger partial charge in [0.2, 0.25) is 0 Å². The molecule has 0 aromatic carbocycles. The van der Waals surface area contributed by atoms with E-state index in [1.54, 1.807) is 19.2 Å². The molecule has 0 aliphatic carbocycles. The molecule has 0 bridgehead atoms. The fourth-order valence-corrected chi connectivity index (χ4v) is 0.647. The number of nitrogens with zero attached hydrogens (tertiary/aromatic N) is 2. The molecule has 2 N–H and O–H groups in total. The van der Waals surface area contributed by atoms with Crippen molar-refractivity contribution in [2.45, 2.75) is 6.92 Å². The molecule has 0 saturated heterocycles. The lowest BCUT2D eigenvalue weighted by Crippen LogP contribution is -2.30. The summed E-state index contributed by atoms with van der Waals surface area (Å²) in [4.78, 5) is 18.3. The van der Waals surface area contributed by atoms with Gasteiger partial charge in [0.1, 0.15) is 12.1 Å². The van der Waals surface area contributed by atoms with Crippen molar-refractivity contribution in [1.29, 1.82) is 0 Å². The van der Waals surface area contributed by atoms with Crippen molar-refractivity contribution in [3.8, 4) is 0 Å². The third kappa shape index (κ3) is 3.37. The van der Waals surface area contributed by atoms with Gasteiger partial charge in [0, 0.05) is 12.3 Å². The Hall–Kier alpha value is -1.85. The molecule has 1 aromatic rings. The van der Waals surface area contributed by atoms with Gasteiger partial charge in [0.05, 0.1) is 6.61 Å². The van der Waals surface area contributed by atoms with Crippen molar-refractivity contribution in [1.82, 2.24) is 15.4 Å². The summed E-state index contributed by atoms with van der Waals surface area (Å²) in [5.41, 5.74) is 4.85. The smallest absolute Gasteiger partial charge is 0.425 e. The first kappa shape index (κ1) is 9.24. The summed E-state index contributed by atoms with van der Waals surface area (Å²) in [7, 11) is 0. The minimum atomic E-state index is -0.541. The quantitative estimate of drug-likeness (QED) is 0.667. The maximum Gasteiger partial charge on any atom is 0.425 e. The fourth-order valence-electron chi connectivity index (χ4n) is 0.647. The number of nitrogens with one attached hydrogen (secondary N) is 2. The van der Waals surface area contributed by atoms with Gasteiger partial charge in [-0.1, -0.05) is 0 Å². The molecule has 1 amide bonds. The SMILES string of the molecule is CCOC(=O)NNc1ccncn1. The Kier molecular flexibility index (Phi) is 3.49. The Balaban J connectivity index is 2.31. The molecule has 6 heteroatoms. The van der Waals surface area contributed by atoms with Gasteiger partial charge in [-0.3, -0.25) is 5.43 Å². The van der Waals surface area contributed by atoms with Crippen molar-refractivity contribution in [2.75, 3.05) is 12.0 Å². The fraction of sp³-hybridized carbons (Fsp3) is 0.286. The third-order valence-electron chi connectivity index (χ3n) is 1.15. The number of rotatable bonds is 3. The van der Waals surface area contributed by atoms with Crippen LogP contribution in [-0.2, 0) is 4.74 Å². The molecule has 0 atom stereocenters. The molecule has 6 nitrogen and oxygen atoms in total. The van der Waals surface area contributed by atoms with Crippen molar-refractivity contribution < 1.29 is 9.53 Å². The summed E-state index contributed by atoms with van der Waals surface area (Å²) in [6.45, 7) is 2.06. The average molecular weight is 182 g/mol. The van der Waals surface area contributed by atoms with E-state index in [4.69, 9.17) is 0 Å². The van der Waals surface area contributed by atoms with Crippen LogP contribution >= 0.6 is 0 Å². The second kappa shape index (κ2) is 4.91. The Morgan fingerprint density at radius 3 is 3.15 bits per heavy atom. The molecule has 0 unspecified atom stereocenters. The highest BCUT2D eigenvalue weighted by molar-refractivity contribution is 5.68. The summed E-state index contributed by atoms with van der Waals surface area (Å²) < 4.78 is 4.61. The Morgan fingerprint density at radius 1 is 1.69 bits per heavy atom. The average Bonchev–Trinajstić information content (AvgIpc) is 2.17. The van der Waals surface area contributed by atoms with E-state index in [1.807, 2.05) is 0 Å². The van der Waals surface area contributed by atoms with Crippen LogP contribution in [0.4, 0.5) is 10.6 Å². The van der Waals surface area contributed by atoms with Gasteiger partial charge in [0.25, 0.3) is 0 Å². The lowest BCUT2D eigenvalue weighted by molar-refractivity contribution is 0.154. The first-order chi connectivity index (χ1) is 6.33. The molecule has 0 aliphatic rings. The van der Waals surface area contributed by atoms with Crippen molar-refractivity contribution in [2.24, 2.45) is 0 Å². The molecule has 0 saturated carbocycles. The van der Waals surface area contributed by atoms with Crippen LogP contribution in [0.1, 0.15) is 6.92 Å².